The van der Waals surface area contributed by atoms with Crippen LogP contribution < -0.4 is 14.7 Å². The molecule has 11 aromatic carbocycles. The van der Waals surface area contributed by atoms with Gasteiger partial charge in [0.2, 0.25) is 0 Å². The Morgan fingerprint density at radius 2 is 0.697 bits per heavy atom. The lowest BCUT2D eigenvalue weighted by Crippen LogP contribution is -2.14. The molecule has 312 valence electrons. The van der Waals surface area contributed by atoms with E-state index in [1.54, 1.807) is 0 Å². The Kier molecular flexibility index (Phi) is 9.81. The van der Waals surface area contributed by atoms with Crippen molar-refractivity contribution in [3.8, 4) is 11.1 Å². The van der Waals surface area contributed by atoms with Crippen LogP contribution in [0.15, 0.2) is 265 Å². The molecule has 0 N–H and O–H groups in total. The van der Waals surface area contributed by atoms with Gasteiger partial charge in [-0.05, 0) is 125 Å². The van der Waals surface area contributed by atoms with E-state index in [1.165, 1.54) is 10.8 Å². The lowest BCUT2D eigenvalue weighted by molar-refractivity contribution is 0.673. The van der Waals surface area contributed by atoms with E-state index < -0.39 is 0 Å². The first-order valence-electron chi connectivity index (χ1n) is 22.4. The summed E-state index contributed by atoms with van der Waals surface area (Å²) in [6.07, 6.45) is 0. The fourth-order valence-corrected chi connectivity index (χ4v) is 9.66. The number of rotatable bonds is 10. The molecule has 0 fully saturated rings. The van der Waals surface area contributed by atoms with E-state index in [-0.39, 0.29) is 0 Å². The third kappa shape index (κ3) is 6.89. The molecule has 66 heavy (non-hydrogen) atoms. The summed E-state index contributed by atoms with van der Waals surface area (Å²) < 4.78 is 6.72. The largest absolute Gasteiger partial charge is 0.455 e. The minimum atomic E-state index is 0.882. The van der Waals surface area contributed by atoms with Gasteiger partial charge in [-0.2, -0.15) is 0 Å². The van der Waals surface area contributed by atoms with E-state index in [1.807, 2.05) is 6.07 Å². The van der Waals surface area contributed by atoms with E-state index in [4.69, 9.17) is 4.42 Å². The van der Waals surface area contributed by atoms with E-state index in [0.717, 1.165) is 95.0 Å². The number of para-hydroxylation sites is 6. The lowest BCUT2D eigenvalue weighted by atomic mass is 9.95. The molecule has 0 bridgehead atoms. The van der Waals surface area contributed by atoms with Gasteiger partial charge in [-0.3, -0.25) is 0 Å². The van der Waals surface area contributed by atoms with Crippen molar-refractivity contribution >= 4 is 94.7 Å². The third-order valence-electron chi connectivity index (χ3n) is 12.6. The molecule has 0 aliphatic rings. The van der Waals surface area contributed by atoms with Crippen molar-refractivity contribution < 1.29 is 4.42 Å². The normalized spacial score (nSPS) is 11.3. The maximum atomic E-state index is 6.72. The first-order valence-corrected chi connectivity index (χ1v) is 22.4. The van der Waals surface area contributed by atoms with E-state index in [9.17, 15) is 0 Å². The lowest BCUT2D eigenvalue weighted by Gasteiger charge is -2.31. The number of hydrogen-bond acceptors (Lipinski definition) is 4. The topological polar surface area (TPSA) is 22.9 Å². The highest BCUT2D eigenvalue weighted by atomic mass is 16.3. The fourth-order valence-electron chi connectivity index (χ4n) is 9.66. The zero-order valence-electron chi connectivity index (χ0n) is 36.1. The van der Waals surface area contributed by atoms with Crippen LogP contribution in [-0.4, -0.2) is 0 Å². The van der Waals surface area contributed by atoms with E-state index in [2.05, 4.69) is 269 Å². The molecule has 0 atom stereocenters. The summed E-state index contributed by atoms with van der Waals surface area (Å²) in [5.74, 6) is 0. The molecule has 0 amide bonds. The Hall–Kier alpha value is -8.86. The van der Waals surface area contributed by atoms with Crippen molar-refractivity contribution in [2.45, 2.75) is 0 Å². The first-order chi connectivity index (χ1) is 32.8. The summed E-state index contributed by atoms with van der Waals surface area (Å²) in [4.78, 5) is 7.07. The van der Waals surface area contributed by atoms with Crippen molar-refractivity contribution in [3.63, 3.8) is 0 Å². The molecule has 0 radical (unpaired) electrons. The minimum absolute atomic E-state index is 0.882. The van der Waals surface area contributed by atoms with Gasteiger partial charge in [0.15, 0.2) is 0 Å². The van der Waals surface area contributed by atoms with Crippen LogP contribution in [0, 0.1) is 0 Å². The van der Waals surface area contributed by atoms with Crippen LogP contribution in [0.25, 0.3) is 54.6 Å². The van der Waals surface area contributed by atoms with Gasteiger partial charge in [0.1, 0.15) is 11.2 Å². The van der Waals surface area contributed by atoms with Crippen LogP contribution >= 0.6 is 0 Å². The molecule has 0 aliphatic heterocycles. The first kappa shape index (κ1) is 38.8. The summed E-state index contributed by atoms with van der Waals surface area (Å²) >= 11 is 0. The smallest absolute Gasteiger partial charge is 0.143 e. The van der Waals surface area contributed by atoms with Gasteiger partial charge in [-0.15, -0.1) is 0 Å². The Bertz CT molecular complexity index is 3580. The Labute approximate surface area is 384 Å². The molecule has 1 aromatic heterocycles. The van der Waals surface area contributed by atoms with Gasteiger partial charge in [0.25, 0.3) is 0 Å². The second-order valence-corrected chi connectivity index (χ2v) is 16.5. The zero-order valence-corrected chi connectivity index (χ0v) is 36.1. The van der Waals surface area contributed by atoms with Crippen molar-refractivity contribution in [3.05, 3.63) is 261 Å². The van der Waals surface area contributed by atoms with Crippen LogP contribution in [-0.2, 0) is 0 Å². The second-order valence-electron chi connectivity index (χ2n) is 16.5. The maximum absolute atomic E-state index is 6.72. The van der Waals surface area contributed by atoms with E-state index >= 15 is 0 Å². The molecule has 4 heteroatoms. The average molecular weight is 846 g/mol. The number of fused-ring (bicyclic) bond motifs is 8. The SMILES string of the molecule is c1ccc(N(c2ccccc2)c2cccc(-c3ccccc3N(c3cccc(N(c4ccccc4)c4ccccc4)c3)c3ccc4c5ccccc5c5oc6ccccc6c5c4c3)c2)cc1. The highest BCUT2D eigenvalue weighted by Gasteiger charge is 2.23. The van der Waals surface area contributed by atoms with Crippen LogP contribution in [0.2, 0.25) is 0 Å². The van der Waals surface area contributed by atoms with Crippen LogP contribution in [0.4, 0.5) is 51.2 Å². The van der Waals surface area contributed by atoms with Crippen molar-refractivity contribution in [1.82, 2.24) is 0 Å². The highest BCUT2D eigenvalue weighted by molar-refractivity contribution is 6.30. The predicted octanol–water partition coefficient (Wildman–Crippen LogP) is 18.0. The maximum Gasteiger partial charge on any atom is 0.143 e. The molecular weight excluding hydrogens is 803 g/mol. The van der Waals surface area contributed by atoms with Crippen LogP contribution in [0.5, 0.6) is 0 Å². The molecule has 12 aromatic rings. The van der Waals surface area contributed by atoms with Gasteiger partial charge < -0.3 is 19.1 Å². The Morgan fingerprint density at radius 1 is 0.258 bits per heavy atom. The summed E-state index contributed by atoms with van der Waals surface area (Å²) in [6, 6.07) is 93.0. The number of hydrogen-bond donors (Lipinski definition) is 0. The number of nitrogens with zero attached hydrogens (tertiary/aromatic N) is 3. The highest BCUT2D eigenvalue weighted by Crippen LogP contribution is 2.48. The number of anilines is 9. The average Bonchev–Trinajstić information content (AvgIpc) is 3.79. The molecule has 4 nitrogen and oxygen atoms in total. The van der Waals surface area contributed by atoms with Gasteiger partial charge in [0.05, 0.1) is 5.69 Å². The minimum Gasteiger partial charge on any atom is -0.455 e. The molecule has 12 rings (SSSR count). The molecule has 0 unspecified atom stereocenters. The van der Waals surface area contributed by atoms with Gasteiger partial charge >= 0.3 is 0 Å². The van der Waals surface area contributed by atoms with E-state index in [0.29, 0.717) is 0 Å². The Balaban J connectivity index is 1.10. The number of furan rings is 1. The molecular formula is C62H43N3O. The monoisotopic (exact) mass is 845 g/mol. The zero-order chi connectivity index (χ0) is 43.8. The quantitative estimate of drug-likeness (QED) is 0.128. The Morgan fingerprint density at radius 3 is 1.32 bits per heavy atom. The molecule has 0 saturated carbocycles. The van der Waals surface area contributed by atoms with Crippen LogP contribution in [0.3, 0.4) is 0 Å². The second kappa shape index (κ2) is 16.7. The van der Waals surface area contributed by atoms with Crippen LogP contribution in [0.1, 0.15) is 0 Å². The molecule has 0 aliphatic carbocycles. The third-order valence-corrected chi connectivity index (χ3v) is 12.6. The van der Waals surface area contributed by atoms with Gasteiger partial charge in [-0.1, -0.05) is 158 Å². The number of benzene rings is 11. The van der Waals surface area contributed by atoms with Gasteiger partial charge in [-0.25, -0.2) is 0 Å². The molecule has 0 saturated heterocycles. The van der Waals surface area contributed by atoms with Crippen molar-refractivity contribution in [2.24, 2.45) is 0 Å². The molecule has 1 heterocycles. The summed E-state index contributed by atoms with van der Waals surface area (Å²) in [7, 11) is 0. The van der Waals surface area contributed by atoms with Gasteiger partial charge in [0, 0.05) is 67.2 Å². The summed E-state index contributed by atoms with van der Waals surface area (Å²) in [5, 5.41) is 6.83. The summed E-state index contributed by atoms with van der Waals surface area (Å²) in [5.41, 5.74) is 13.6. The summed E-state index contributed by atoms with van der Waals surface area (Å²) in [6.45, 7) is 0. The van der Waals surface area contributed by atoms with Crippen molar-refractivity contribution in [2.75, 3.05) is 14.7 Å². The fraction of sp³-hybridized carbons (Fsp3) is 0. The standard InChI is InChI=1S/C62H43N3O/c1-5-22-45(23-6-1)63(46-24-7-2-8-25-46)49-30-19-21-44(41-49)53-33-15-17-37-59(53)65(51-32-20-31-50(42-51)64(47-26-9-3-10-27-47)48-28-11-4-12-29-48)52-39-40-55-54-34-13-14-35-56(54)62-61(58(55)43-52)57-36-16-18-38-60(57)66-62/h1-43H. The van der Waals surface area contributed by atoms with Crippen molar-refractivity contribution in [1.29, 1.82) is 0 Å². The predicted molar refractivity (Wildman–Crippen MR) is 278 cm³/mol. The molecule has 0 spiro atoms.